The Kier molecular flexibility index (Phi) is 4.00. The number of hydrazine groups is 1. The highest BCUT2D eigenvalue weighted by molar-refractivity contribution is 6.33. The molecule has 18 heavy (non-hydrogen) atoms. The van der Waals surface area contributed by atoms with Crippen molar-refractivity contribution in [2.75, 3.05) is 18.5 Å². The van der Waals surface area contributed by atoms with Crippen molar-refractivity contribution in [2.45, 2.75) is 18.9 Å². The molecule has 0 saturated carbocycles. The van der Waals surface area contributed by atoms with E-state index in [-0.39, 0.29) is 12.0 Å². The molecule has 0 unspecified atom stereocenters. The Labute approximate surface area is 110 Å². The zero-order valence-electron chi connectivity index (χ0n) is 9.77. The second-order valence-electron chi connectivity index (χ2n) is 4.22. The first-order valence-corrected chi connectivity index (χ1v) is 6.09. The number of carbonyl (C=O) groups excluding carboxylic acids is 1. The van der Waals surface area contributed by atoms with Crippen molar-refractivity contribution in [3.63, 3.8) is 0 Å². The number of aliphatic hydroxyl groups excluding tert-OH is 1. The van der Waals surface area contributed by atoms with E-state index >= 15 is 0 Å². The fourth-order valence-corrected chi connectivity index (χ4v) is 2.13. The van der Waals surface area contributed by atoms with Gasteiger partial charge in [0.2, 0.25) is 0 Å². The summed E-state index contributed by atoms with van der Waals surface area (Å²) in [6, 6.07) is 1.54. The van der Waals surface area contributed by atoms with Crippen molar-refractivity contribution in [1.82, 2.24) is 9.88 Å². The average Bonchev–Trinajstić information content (AvgIpc) is 2.38. The Morgan fingerprint density at radius 1 is 1.56 bits per heavy atom. The molecule has 1 aromatic rings. The summed E-state index contributed by atoms with van der Waals surface area (Å²) in [5, 5.41) is 9.70. The van der Waals surface area contributed by atoms with E-state index in [9.17, 15) is 9.90 Å². The summed E-state index contributed by atoms with van der Waals surface area (Å²) in [4.78, 5) is 17.8. The van der Waals surface area contributed by atoms with Crippen LogP contribution in [0.25, 0.3) is 0 Å². The predicted molar refractivity (Wildman–Crippen MR) is 68.2 cm³/mol. The highest BCUT2D eigenvalue weighted by atomic mass is 35.5. The number of piperidine rings is 1. The minimum atomic E-state index is -0.306. The van der Waals surface area contributed by atoms with Gasteiger partial charge in [0, 0.05) is 19.3 Å². The molecule has 1 aromatic heterocycles. The lowest BCUT2D eigenvalue weighted by Crippen LogP contribution is -2.40. The van der Waals surface area contributed by atoms with Crippen molar-refractivity contribution in [2.24, 2.45) is 5.84 Å². The van der Waals surface area contributed by atoms with Crippen LogP contribution >= 0.6 is 11.6 Å². The van der Waals surface area contributed by atoms with E-state index < -0.39 is 0 Å². The number of rotatable bonds is 2. The number of carbonyl (C=O) groups is 1. The Hall–Kier alpha value is -1.37. The quantitative estimate of drug-likeness (QED) is 0.541. The number of likely N-dealkylation sites (tertiary alicyclic amines) is 1. The maximum atomic E-state index is 12.2. The van der Waals surface area contributed by atoms with Crippen LogP contribution in [-0.4, -0.2) is 40.1 Å². The Morgan fingerprint density at radius 2 is 2.22 bits per heavy atom. The molecule has 1 aliphatic rings. The van der Waals surface area contributed by atoms with Crippen LogP contribution in [0, 0.1) is 0 Å². The number of nitrogens with zero attached hydrogens (tertiary/aromatic N) is 2. The molecule has 0 atom stereocenters. The molecular formula is C11H15ClN4O2. The van der Waals surface area contributed by atoms with Crippen molar-refractivity contribution in [1.29, 1.82) is 0 Å². The third-order valence-electron chi connectivity index (χ3n) is 2.98. The summed E-state index contributed by atoms with van der Waals surface area (Å²) < 4.78 is 0. The molecule has 0 aliphatic carbocycles. The minimum absolute atomic E-state index is 0.125. The van der Waals surface area contributed by atoms with E-state index in [4.69, 9.17) is 17.4 Å². The molecule has 7 heteroatoms. The smallest absolute Gasteiger partial charge is 0.255 e. The van der Waals surface area contributed by atoms with Crippen LogP contribution in [-0.2, 0) is 0 Å². The van der Waals surface area contributed by atoms with Crippen LogP contribution in [0.15, 0.2) is 12.3 Å². The Balaban J connectivity index is 2.11. The molecule has 4 N–H and O–H groups in total. The van der Waals surface area contributed by atoms with Crippen molar-refractivity contribution >= 4 is 23.3 Å². The van der Waals surface area contributed by atoms with E-state index in [2.05, 4.69) is 10.4 Å². The Bertz CT molecular complexity index is 447. The number of hydrogen-bond donors (Lipinski definition) is 3. The molecule has 1 amide bonds. The number of pyridine rings is 1. The number of nitrogens with one attached hydrogen (secondary N) is 1. The second-order valence-corrected chi connectivity index (χ2v) is 4.63. The van der Waals surface area contributed by atoms with Crippen molar-refractivity contribution in [3.05, 3.63) is 22.8 Å². The molecule has 2 rings (SSSR count). The lowest BCUT2D eigenvalue weighted by atomic mass is 10.1. The molecule has 1 saturated heterocycles. The van der Waals surface area contributed by atoms with Gasteiger partial charge in [0.1, 0.15) is 0 Å². The molecule has 0 spiro atoms. The molecule has 0 aromatic carbocycles. The maximum Gasteiger partial charge on any atom is 0.255 e. The topological polar surface area (TPSA) is 91.5 Å². The summed E-state index contributed by atoms with van der Waals surface area (Å²) >= 11 is 5.92. The number of hydrogen-bond acceptors (Lipinski definition) is 5. The molecule has 0 radical (unpaired) electrons. The summed E-state index contributed by atoms with van der Waals surface area (Å²) in [6.45, 7) is 1.10. The zero-order valence-corrected chi connectivity index (χ0v) is 10.5. The zero-order chi connectivity index (χ0) is 13.1. The number of nitrogen functional groups attached to an aromatic ring is 1. The number of nitrogens with two attached hydrogens (primary N) is 1. The van der Waals surface area contributed by atoms with Crippen LogP contribution in [0.3, 0.4) is 0 Å². The van der Waals surface area contributed by atoms with Gasteiger partial charge in [-0.15, -0.1) is 0 Å². The van der Waals surface area contributed by atoms with Gasteiger partial charge in [0.25, 0.3) is 5.91 Å². The average molecular weight is 271 g/mol. The lowest BCUT2D eigenvalue weighted by Gasteiger charge is -2.29. The lowest BCUT2D eigenvalue weighted by molar-refractivity contribution is 0.0546. The fraction of sp³-hybridized carbons (Fsp3) is 0.455. The second kappa shape index (κ2) is 5.51. The largest absolute Gasteiger partial charge is 0.393 e. The van der Waals surface area contributed by atoms with Crippen LogP contribution in [0.4, 0.5) is 5.82 Å². The Morgan fingerprint density at radius 3 is 2.78 bits per heavy atom. The molecule has 0 bridgehead atoms. The van der Waals surface area contributed by atoms with Gasteiger partial charge in [-0.25, -0.2) is 10.8 Å². The summed E-state index contributed by atoms with van der Waals surface area (Å²) in [6.07, 6.45) is 2.35. The van der Waals surface area contributed by atoms with E-state index in [0.717, 1.165) is 0 Å². The first-order chi connectivity index (χ1) is 8.61. The predicted octanol–water partition coefficient (Wildman–Crippen LogP) is 0.617. The normalized spacial score (nSPS) is 16.7. The number of halogens is 1. The summed E-state index contributed by atoms with van der Waals surface area (Å²) in [7, 11) is 0. The highest BCUT2D eigenvalue weighted by Crippen LogP contribution is 2.21. The fourth-order valence-electron chi connectivity index (χ4n) is 1.91. The third-order valence-corrected chi connectivity index (χ3v) is 3.26. The molecular weight excluding hydrogens is 256 g/mol. The van der Waals surface area contributed by atoms with Gasteiger partial charge in [0.15, 0.2) is 5.82 Å². The standard InChI is InChI=1S/C11H15ClN4O2/c12-9-5-7(6-14-10(9)15-13)11(18)16-3-1-8(17)2-4-16/h5-6,8,17H,1-4,13H2,(H,14,15). The van der Waals surface area contributed by atoms with Gasteiger partial charge >= 0.3 is 0 Å². The first kappa shape index (κ1) is 13.1. The minimum Gasteiger partial charge on any atom is -0.393 e. The highest BCUT2D eigenvalue weighted by Gasteiger charge is 2.22. The molecule has 1 aliphatic heterocycles. The van der Waals surface area contributed by atoms with Gasteiger partial charge in [0.05, 0.1) is 16.7 Å². The monoisotopic (exact) mass is 270 g/mol. The third kappa shape index (κ3) is 2.72. The van der Waals surface area contributed by atoms with Crippen LogP contribution in [0.1, 0.15) is 23.2 Å². The van der Waals surface area contributed by atoms with Gasteiger partial charge in [-0.3, -0.25) is 4.79 Å². The van der Waals surface area contributed by atoms with Crippen molar-refractivity contribution in [3.8, 4) is 0 Å². The maximum absolute atomic E-state index is 12.2. The summed E-state index contributed by atoms with van der Waals surface area (Å²) in [5.74, 6) is 5.43. The SMILES string of the molecule is NNc1ncc(C(=O)N2CCC(O)CC2)cc1Cl. The van der Waals surface area contributed by atoms with Gasteiger partial charge in [-0.1, -0.05) is 11.6 Å². The molecule has 2 heterocycles. The van der Waals surface area contributed by atoms with Crippen molar-refractivity contribution < 1.29 is 9.90 Å². The van der Waals surface area contributed by atoms with E-state index in [1.54, 1.807) is 4.90 Å². The summed E-state index contributed by atoms with van der Waals surface area (Å²) in [5.41, 5.74) is 2.77. The van der Waals surface area contributed by atoms with E-state index in [0.29, 0.717) is 42.3 Å². The van der Waals surface area contributed by atoms with Crippen LogP contribution < -0.4 is 11.3 Å². The van der Waals surface area contributed by atoms with Gasteiger partial charge in [-0.2, -0.15) is 0 Å². The van der Waals surface area contributed by atoms with Gasteiger partial charge < -0.3 is 15.4 Å². The molecule has 1 fully saturated rings. The first-order valence-electron chi connectivity index (χ1n) is 5.71. The number of amides is 1. The van der Waals surface area contributed by atoms with Crippen LogP contribution in [0.5, 0.6) is 0 Å². The molecule has 6 nitrogen and oxygen atoms in total. The van der Waals surface area contributed by atoms with E-state index in [1.165, 1.54) is 12.3 Å². The van der Waals surface area contributed by atoms with Gasteiger partial charge in [-0.05, 0) is 18.9 Å². The van der Waals surface area contributed by atoms with E-state index in [1.807, 2.05) is 0 Å². The molecule has 98 valence electrons. The number of anilines is 1. The number of aliphatic hydroxyl groups is 1. The van der Waals surface area contributed by atoms with Crippen LogP contribution in [0.2, 0.25) is 5.02 Å². The number of aromatic nitrogens is 1.